The van der Waals surface area contributed by atoms with Crippen LogP contribution in [0.25, 0.3) is 0 Å². The van der Waals surface area contributed by atoms with Crippen molar-refractivity contribution in [1.29, 1.82) is 5.26 Å². The molecule has 1 saturated heterocycles. The third kappa shape index (κ3) is 2.67. The number of nitriles is 1. The summed E-state index contributed by atoms with van der Waals surface area (Å²) in [5.41, 5.74) is 0.461. The van der Waals surface area contributed by atoms with Crippen LogP contribution in [0.4, 0.5) is 0 Å². The highest BCUT2D eigenvalue weighted by Crippen LogP contribution is 2.31. The van der Waals surface area contributed by atoms with Crippen LogP contribution in [0.3, 0.4) is 0 Å². The van der Waals surface area contributed by atoms with Crippen molar-refractivity contribution >= 4 is 11.3 Å². The summed E-state index contributed by atoms with van der Waals surface area (Å²) >= 11 is 1.71. The van der Waals surface area contributed by atoms with E-state index in [0.29, 0.717) is 5.92 Å². The van der Waals surface area contributed by atoms with E-state index in [1.807, 2.05) is 19.2 Å². The molecule has 92 valence electrons. The molecule has 0 spiro atoms. The lowest BCUT2D eigenvalue weighted by molar-refractivity contribution is 0.250. The van der Waals surface area contributed by atoms with Gasteiger partial charge < -0.3 is 4.90 Å². The van der Waals surface area contributed by atoms with E-state index in [1.54, 1.807) is 11.3 Å². The maximum absolute atomic E-state index is 9.12. The number of likely N-dealkylation sites (tertiary alicyclic amines) is 1. The number of hydrogen-bond donors (Lipinski definition) is 0. The number of piperidine rings is 1. The molecule has 0 bridgehead atoms. The summed E-state index contributed by atoms with van der Waals surface area (Å²) in [5.74, 6) is 0.557. The van der Waals surface area contributed by atoms with Crippen molar-refractivity contribution in [2.75, 3.05) is 20.1 Å². The van der Waals surface area contributed by atoms with E-state index >= 15 is 0 Å². The first-order valence-electron chi connectivity index (χ1n) is 6.08. The van der Waals surface area contributed by atoms with Gasteiger partial charge in [-0.25, -0.2) is 4.98 Å². The van der Waals surface area contributed by atoms with Gasteiger partial charge in [0.15, 0.2) is 0 Å². The first-order valence-corrected chi connectivity index (χ1v) is 6.96. The van der Waals surface area contributed by atoms with Gasteiger partial charge in [0.2, 0.25) is 0 Å². The Morgan fingerprint density at radius 2 is 2.35 bits per heavy atom. The zero-order valence-corrected chi connectivity index (χ0v) is 11.5. The minimum absolute atomic E-state index is 0.463. The first kappa shape index (κ1) is 12.5. The molecule has 1 aliphatic heterocycles. The Morgan fingerprint density at radius 3 is 3.00 bits per heavy atom. The average Bonchev–Trinajstić information content (AvgIpc) is 2.79. The van der Waals surface area contributed by atoms with Crippen molar-refractivity contribution in [2.24, 2.45) is 0 Å². The van der Waals surface area contributed by atoms with Gasteiger partial charge >= 0.3 is 0 Å². The molecule has 1 unspecified atom stereocenters. The monoisotopic (exact) mass is 249 g/mol. The molecule has 0 radical (unpaired) electrons. The molecule has 4 heteroatoms. The van der Waals surface area contributed by atoms with Gasteiger partial charge in [-0.3, -0.25) is 0 Å². The van der Waals surface area contributed by atoms with Gasteiger partial charge in [0.05, 0.1) is 22.2 Å². The summed E-state index contributed by atoms with van der Waals surface area (Å²) in [5, 5.41) is 12.4. The lowest BCUT2D eigenvalue weighted by Crippen LogP contribution is -2.30. The molecule has 1 aliphatic rings. The van der Waals surface area contributed by atoms with Crippen LogP contribution in [0.2, 0.25) is 0 Å². The normalized spacial score (nSPS) is 22.4. The maximum Gasteiger partial charge on any atom is 0.0972 e. The zero-order chi connectivity index (χ0) is 12.5. The van der Waals surface area contributed by atoms with Gasteiger partial charge in [-0.2, -0.15) is 5.26 Å². The number of aromatic nitrogens is 1. The van der Waals surface area contributed by atoms with Gasteiger partial charge in [0.25, 0.3) is 0 Å². The standard InChI is InChI=1S/C13H19N3S/c1-13(2,9-14)11-8-17-12(15-11)10-5-4-6-16(3)7-10/h8,10H,4-7H2,1-3H3. The minimum atomic E-state index is -0.463. The maximum atomic E-state index is 9.12. The molecule has 2 rings (SSSR count). The number of nitrogens with zero attached hydrogens (tertiary/aromatic N) is 3. The van der Waals surface area contributed by atoms with Gasteiger partial charge in [0.1, 0.15) is 0 Å². The Labute approximate surface area is 107 Å². The summed E-state index contributed by atoms with van der Waals surface area (Å²) in [7, 11) is 2.17. The van der Waals surface area contributed by atoms with E-state index < -0.39 is 5.41 Å². The number of rotatable bonds is 2. The Hall–Kier alpha value is -0.920. The Kier molecular flexibility index (Phi) is 3.50. The SMILES string of the molecule is CN1CCCC(c2nc(C(C)(C)C#N)cs2)C1. The fourth-order valence-corrected chi connectivity index (χ4v) is 3.30. The van der Waals surface area contributed by atoms with Crippen LogP contribution in [0.15, 0.2) is 5.38 Å². The van der Waals surface area contributed by atoms with Crippen LogP contribution in [-0.2, 0) is 5.41 Å². The quantitative estimate of drug-likeness (QED) is 0.809. The van der Waals surface area contributed by atoms with Crippen molar-refractivity contribution < 1.29 is 0 Å². The molecule has 17 heavy (non-hydrogen) atoms. The molecule has 0 aliphatic carbocycles. The molecule has 3 nitrogen and oxygen atoms in total. The summed E-state index contributed by atoms with van der Waals surface area (Å²) in [6, 6.07) is 2.32. The fraction of sp³-hybridized carbons (Fsp3) is 0.692. The van der Waals surface area contributed by atoms with Crippen molar-refractivity contribution in [2.45, 2.75) is 38.0 Å². The Bertz CT molecular complexity index is 430. The second-order valence-electron chi connectivity index (χ2n) is 5.41. The number of hydrogen-bond acceptors (Lipinski definition) is 4. The second kappa shape index (κ2) is 4.75. The lowest BCUT2D eigenvalue weighted by Gasteiger charge is -2.28. The van der Waals surface area contributed by atoms with Crippen LogP contribution in [0, 0.1) is 11.3 Å². The smallest absolute Gasteiger partial charge is 0.0972 e. The van der Waals surface area contributed by atoms with E-state index in [1.165, 1.54) is 24.4 Å². The van der Waals surface area contributed by atoms with Crippen LogP contribution in [0.1, 0.15) is 43.3 Å². The minimum Gasteiger partial charge on any atom is -0.306 e. The summed E-state index contributed by atoms with van der Waals surface area (Å²) < 4.78 is 0. The predicted molar refractivity (Wildman–Crippen MR) is 70.2 cm³/mol. The lowest BCUT2D eigenvalue weighted by atomic mass is 9.92. The topological polar surface area (TPSA) is 39.9 Å². The molecule has 0 amide bonds. The van der Waals surface area contributed by atoms with E-state index in [0.717, 1.165) is 12.2 Å². The molecule has 1 aromatic heterocycles. The van der Waals surface area contributed by atoms with Crippen molar-refractivity contribution in [1.82, 2.24) is 9.88 Å². The van der Waals surface area contributed by atoms with E-state index in [-0.39, 0.29) is 0 Å². The zero-order valence-electron chi connectivity index (χ0n) is 10.7. The largest absolute Gasteiger partial charge is 0.306 e. The molecule has 2 heterocycles. The number of thiazole rings is 1. The van der Waals surface area contributed by atoms with Gasteiger partial charge in [0, 0.05) is 17.8 Å². The van der Waals surface area contributed by atoms with Crippen molar-refractivity contribution in [3.63, 3.8) is 0 Å². The van der Waals surface area contributed by atoms with Crippen molar-refractivity contribution in [3.8, 4) is 6.07 Å². The van der Waals surface area contributed by atoms with E-state index in [9.17, 15) is 0 Å². The molecule has 0 aromatic carbocycles. The number of likely N-dealkylation sites (N-methyl/N-ethyl adjacent to an activating group) is 1. The third-order valence-corrected chi connectivity index (χ3v) is 4.42. The summed E-state index contributed by atoms with van der Waals surface area (Å²) in [6.45, 7) is 6.15. The van der Waals surface area contributed by atoms with Crippen LogP contribution < -0.4 is 0 Å². The Balaban J connectivity index is 2.16. The van der Waals surface area contributed by atoms with E-state index in [2.05, 4.69) is 23.0 Å². The Morgan fingerprint density at radius 1 is 1.59 bits per heavy atom. The van der Waals surface area contributed by atoms with Gasteiger partial charge in [-0.15, -0.1) is 11.3 Å². The van der Waals surface area contributed by atoms with Gasteiger partial charge in [-0.1, -0.05) is 0 Å². The fourth-order valence-electron chi connectivity index (χ4n) is 2.19. The highest BCUT2D eigenvalue weighted by molar-refractivity contribution is 7.09. The first-order chi connectivity index (χ1) is 8.03. The predicted octanol–water partition coefficient (Wildman–Crippen LogP) is 2.75. The van der Waals surface area contributed by atoms with Gasteiger partial charge in [-0.05, 0) is 40.3 Å². The van der Waals surface area contributed by atoms with Crippen LogP contribution in [-0.4, -0.2) is 30.0 Å². The molecule has 0 N–H and O–H groups in total. The second-order valence-corrected chi connectivity index (χ2v) is 6.30. The highest BCUT2D eigenvalue weighted by atomic mass is 32.1. The molecular formula is C13H19N3S. The molecule has 1 aromatic rings. The highest BCUT2D eigenvalue weighted by Gasteiger charge is 2.26. The molecule has 1 atom stereocenters. The molecular weight excluding hydrogens is 230 g/mol. The van der Waals surface area contributed by atoms with Crippen LogP contribution in [0.5, 0.6) is 0 Å². The summed E-state index contributed by atoms with van der Waals surface area (Å²) in [6.07, 6.45) is 2.47. The summed E-state index contributed by atoms with van der Waals surface area (Å²) in [4.78, 5) is 7.05. The third-order valence-electron chi connectivity index (χ3n) is 3.42. The molecule has 0 saturated carbocycles. The van der Waals surface area contributed by atoms with Crippen LogP contribution >= 0.6 is 11.3 Å². The average molecular weight is 249 g/mol. The molecule has 1 fully saturated rings. The van der Waals surface area contributed by atoms with E-state index in [4.69, 9.17) is 5.26 Å². The van der Waals surface area contributed by atoms with Crippen molar-refractivity contribution in [3.05, 3.63) is 16.1 Å².